The first-order valence-electron chi connectivity index (χ1n) is 7.48. The van der Waals surface area contributed by atoms with Gasteiger partial charge >= 0.3 is 0 Å². The molecule has 0 aliphatic heterocycles. The maximum Gasteiger partial charge on any atom is 0.222 e. The van der Waals surface area contributed by atoms with Gasteiger partial charge in [-0.2, -0.15) is 0 Å². The lowest BCUT2D eigenvalue weighted by Crippen LogP contribution is -2.51. The summed E-state index contributed by atoms with van der Waals surface area (Å²) in [6, 6.07) is 5.29. The maximum absolute atomic E-state index is 12.0. The van der Waals surface area contributed by atoms with Gasteiger partial charge < -0.3 is 20.5 Å². The average Bonchev–Trinajstić information content (AvgIpc) is 3.32. The minimum absolute atomic E-state index is 0.0288. The summed E-state index contributed by atoms with van der Waals surface area (Å²) >= 11 is 5.96. The third-order valence-electron chi connectivity index (χ3n) is 4.06. The van der Waals surface area contributed by atoms with Crippen molar-refractivity contribution in [2.75, 3.05) is 25.6 Å². The number of anilines is 1. The molecule has 2 rings (SSSR count). The Bertz CT molecular complexity index is 534. The van der Waals surface area contributed by atoms with Gasteiger partial charge in [0.2, 0.25) is 5.91 Å². The van der Waals surface area contributed by atoms with Crippen molar-refractivity contribution < 1.29 is 14.6 Å². The summed E-state index contributed by atoms with van der Waals surface area (Å²) in [5, 5.41) is 16.2. The fourth-order valence-electron chi connectivity index (χ4n) is 2.50. The van der Waals surface area contributed by atoms with Crippen LogP contribution in [-0.4, -0.2) is 36.8 Å². The van der Waals surface area contributed by atoms with Crippen molar-refractivity contribution in [2.45, 2.75) is 31.7 Å². The number of benzene rings is 1. The zero-order valence-corrected chi connectivity index (χ0v) is 13.7. The van der Waals surface area contributed by atoms with E-state index in [2.05, 4.69) is 10.6 Å². The van der Waals surface area contributed by atoms with Crippen LogP contribution in [0.15, 0.2) is 18.2 Å². The topological polar surface area (TPSA) is 70.6 Å². The first kappa shape index (κ1) is 16.9. The van der Waals surface area contributed by atoms with Crippen LogP contribution in [0.4, 0.5) is 5.69 Å². The highest BCUT2D eigenvalue weighted by Crippen LogP contribution is 2.39. The molecule has 1 unspecified atom stereocenters. The van der Waals surface area contributed by atoms with Crippen LogP contribution in [0.3, 0.4) is 0 Å². The first-order valence-corrected chi connectivity index (χ1v) is 7.85. The number of aliphatic hydroxyl groups excluding tert-OH is 1. The third-order valence-corrected chi connectivity index (χ3v) is 4.30. The van der Waals surface area contributed by atoms with E-state index in [0.717, 1.165) is 18.5 Å². The smallest absolute Gasteiger partial charge is 0.222 e. The number of aliphatic hydroxyl groups is 1. The van der Waals surface area contributed by atoms with Crippen LogP contribution in [0.1, 0.15) is 26.2 Å². The number of halogens is 1. The number of methoxy groups -OCH3 is 1. The molecule has 0 heterocycles. The second-order valence-electron chi connectivity index (χ2n) is 5.92. The van der Waals surface area contributed by atoms with Gasteiger partial charge in [-0.1, -0.05) is 11.6 Å². The van der Waals surface area contributed by atoms with Gasteiger partial charge in [0.15, 0.2) is 0 Å². The lowest BCUT2D eigenvalue weighted by atomic mass is 9.97. The monoisotopic (exact) mass is 326 g/mol. The molecule has 5 nitrogen and oxygen atoms in total. The van der Waals surface area contributed by atoms with E-state index >= 15 is 0 Å². The number of hydrogen-bond donors (Lipinski definition) is 3. The largest absolute Gasteiger partial charge is 0.495 e. The van der Waals surface area contributed by atoms with Gasteiger partial charge in [-0.15, -0.1) is 0 Å². The molecule has 0 bridgehead atoms. The molecule has 1 atom stereocenters. The van der Waals surface area contributed by atoms with Crippen LogP contribution < -0.4 is 15.4 Å². The molecule has 0 radical (unpaired) electrons. The van der Waals surface area contributed by atoms with E-state index < -0.39 is 5.54 Å². The molecule has 1 aliphatic rings. The molecule has 1 fully saturated rings. The van der Waals surface area contributed by atoms with E-state index in [1.54, 1.807) is 25.3 Å². The fraction of sp³-hybridized carbons (Fsp3) is 0.562. The summed E-state index contributed by atoms with van der Waals surface area (Å²) in [5.41, 5.74) is 0.264. The minimum Gasteiger partial charge on any atom is -0.495 e. The predicted octanol–water partition coefficient (Wildman–Crippen LogP) is 2.43. The second-order valence-corrected chi connectivity index (χ2v) is 6.36. The zero-order valence-electron chi connectivity index (χ0n) is 13.0. The Morgan fingerprint density at radius 1 is 1.50 bits per heavy atom. The second kappa shape index (κ2) is 7.20. The van der Waals surface area contributed by atoms with Crippen LogP contribution >= 0.6 is 11.6 Å². The van der Waals surface area contributed by atoms with Gasteiger partial charge in [0.05, 0.1) is 24.9 Å². The van der Waals surface area contributed by atoms with E-state index in [4.69, 9.17) is 16.3 Å². The van der Waals surface area contributed by atoms with E-state index in [1.165, 1.54) is 0 Å². The average molecular weight is 327 g/mol. The van der Waals surface area contributed by atoms with Gasteiger partial charge in [0.25, 0.3) is 0 Å². The van der Waals surface area contributed by atoms with Crippen molar-refractivity contribution in [3.8, 4) is 5.75 Å². The summed E-state index contributed by atoms with van der Waals surface area (Å²) in [7, 11) is 1.59. The van der Waals surface area contributed by atoms with E-state index in [-0.39, 0.29) is 12.5 Å². The summed E-state index contributed by atoms with van der Waals surface area (Å²) in [4.78, 5) is 12.0. The molecule has 1 aliphatic carbocycles. The van der Waals surface area contributed by atoms with Crippen molar-refractivity contribution in [1.29, 1.82) is 0 Å². The van der Waals surface area contributed by atoms with Crippen LogP contribution in [0.25, 0.3) is 0 Å². The summed E-state index contributed by atoms with van der Waals surface area (Å²) < 4.78 is 5.24. The standard InChI is InChI=1S/C16H23ClN2O3/c1-16(10-20,11-3-4-11)19-15(21)7-8-18-13-9-12(17)5-6-14(13)22-2/h5-6,9,11,18,20H,3-4,7-8,10H2,1-2H3,(H,19,21). The molecule has 1 aromatic rings. The molecule has 1 aromatic carbocycles. The minimum atomic E-state index is -0.495. The van der Waals surface area contributed by atoms with Gasteiger partial charge in [0, 0.05) is 18.0 Å². The lowest BCUT2D eigenvalue weighted by Gasteiger charge is -2.28. The van der Waals surface area contributed by atoms with Crippen molar-refractivity contribution in [3.63, 3.8) is 0 Å². The predicted molar refractivity (Wildman–Crippen MR) is 87.5 cm³/mol. The lowest BCUT2D eigenvalue weighted by molar-refractivity contribution is -0.123. The first-order chi connectivity index (χ1) is 10.5. The van der Waals surface area contributed by atoms with Crippen LogP contribution in [0.2, 0.25) is 5.02 Å². The van der Waals surface area contributed by atoms with Gasteiger partial charge in [-0.3, -0.25) is 4.79 Å². The number of ether oxygens (including phenoxy) is 1. The summed E-state index contributed by atoms with van der Waals surface area (Å²) in [5.74, 6) is 1.00. The Morgan fingerprint density at radius 2 is 2.23 bits per heavy atom. The zero-order chi connectivity index (χ0) is 16.2. The quantitative estimate of drug-likeness (QED) is 0.686. The maximum atomic E-state index is 12.0. The highest BCUT2D eigenvalue weighted by atomic mass is 35.5. The number of amides is 1. The van der Waals surface area contributed by atoms with Gasteiger partial charge in [-0.25, -0.2) is 0 Å². The Labute approximate surface area is 136 Å². The number of hydrogen-bond acceptors (Lipinski definition) is 4. The highest BCUT2D eigenvalue weighted by Gasteiger charge is 2.41. The van der Waals surface area contributed by atoms with E-state index in [1.807, 2.05) is 6.92 Å². The molecule has 22 heavy (non-hydrogen) atoms. The number of rotatable bonds is 8. The molecular formula is C16H23ClN2O3. The fourth-order valence-corrected chi connectivity index (χ4v) is 2.67. The van der Waals surface area contributed by atoms with Crippen LogP contribution in [0, 0.1) is 5.92 Å². The molecule has 3 N–H and O–H groups in total. The molecular weight excluding hydrogens is 304 g/mol. The molecule has 1 saturated carbocycles. The summed E-state index contributed by atoms with van der Waals surface area (Å²) in [6.07, 6.45) is 2.45. The highest BCUT2D eigenvalue weighted by molar-refractivity contribution is 6.30. The number of carbonyl (C=O) groups is 1. The van der Waals surface area contributed by atoms with E-state index in [0.29, 0.717) is 29.7 Å². The molecule has 6 heteroatoms. The number of nitrogens with one attached hydrogen (secondary N) is 2. The van der Waals surface area contributed by atoms with E-state index in [9.17, 15) is 9.90 Å². The Kier molecular flexibility index (Phi) is 5.53. The van der Waals surface area contributed by atoms with Gasteiger partial charge in [0.1, 0.15) is 5.75 Å². The molecule has 122 valence electrons. The van der Waals surface area contributed by atoms with Gasteiger partial charge in [-0.05, 0) is 43.9 Å². The summed E-state index contributed by atoms with van der Waals surface area (Å²) in [6.45, 7) is 2.34. The van der Waals surface area contributed by atoms with Crippen LogP contribution in [-0.2, 0) is 4.79 Å². The molecule has 0 aromatic heterocycles. The van der Waals surface area contributed by atoms with Crippen LogP contribution in [0.5, 0.6) is 5.75 Å². The Morgan fingerprint density at radius 3 is 2.82 bits per heavy atom. The van der Waals surface area contributed by atoms with Crippen molar-refractivity contribution in [3.05, 3.63) is 23.2 Å². The third kappa shape index (κ3) is 4.27. The SMILES string of the molecule is COc1ccc(Cl)cc1NCCC(=O)NC(C)(CO)C1CC1. The van der Waals surface area contributed by atoms with Crippen molar-refractivity contribution in [1.82, 2.24) is 5.32 Å². The molecule has 0 saturated heterocycles. The Hall–Kier alpha value is -1.46. The Balaban J connectivity index is 1.83. The normalized spacial score (nSPS) is 16.7. The van der Waals surface area contributed by atoms with Crippen molar-refractivity contribution in [2.24, 2.45) is 5.92 Å². The number of carbonyl (C=O) groups excluding carboxylic acids is 1. The molecule has 1 amide bonds. The van der Waals surface area contributed by atoms with Crippen molar-refractivity contribution >= 4 is 23.2 Å². The molecule has 0 spiro atoms.